The summed E-state index contributed by atoms with van der Waals surface area (Å²) in [5.74, 6) is -2.19. The highest BCUT2D eigenvalue weighted by Crippen LogP contribution is 2.50. The van der Waals surface area contributed by atoms with Crippen molar-refractivity contribution in [2.45, 2.75) is 45.0 Å². The number of amides is 3. The molecule has 0 aliphatic carbocycles. The second-order valence-corrected chi connectivity index (χ2v) is 9.39. The van der Waals surface area contributed by atoms with Crippen LogP contribution in [0.5, 0.6) is 5.75 Å². The Labute approximate surface area is 191 Å². The van der Waals surface area contributed by atoms with E-state index >= 15 is 0 Å². The third-order valence-corrected chi connectivity index (χ3v) is 7.42. The predicted octanol–water partition coefficient (Wildman–Crippen LogP) is 0.587. The van der Waals surface area contributed by atoms with Crippen molar-refractivity contribution >= 4 is 23.4 Å². The van der Waals surface area contributed by atoms with Crippen molar-refractivity contribution < 1.29 is 29.5 Å². The highest BCUT2D eigenvalue weighted by molar-refractivity contribution is 6.14. The minimum Gasteiger partial charge on any atom is -0.496 e. The molecule has 1 spiro atoms. The van der Waals surface area contributed by atoms with E-state index < -0.39 is 35.4 Å². The van der Waals surface area contributed by atoms with Crippen LogP contribution in [0.3, 0.4) is 0 Å². The average Bonchev–Trinajstić information content (AvgIpc) is 3.36. The Hall–Kier alpha value is -3.23. The number of nitrogens with zero attached hydrogens (tertiary/aromatic N) is 1. The number of hydrogen-bond acceptors (Lipinski definition) is 5. The number of quaternary nitrogens is 1. The lowest BCUT2D eigenvalue weighted by Crippen LogP contribution is -3.00. The molecule has 5 atom stereocenters. The topological polar surface area (TPSA) is 113 Å². The predicted molar refractivity (Wildman–Crippen MR) is 119 cm³/mol. The molecule has 0 saturated carbocycles. The van der Waals surface area contributed by atoms with E-state index in [1.165, 1.54) is 4.90 Å². The largest absolute Gasteiger partial charge is 0.496 e. The number of hydrogen-bond donors (Lipinski definition) is 3. The summed E-state index contributed by atoms with van der Waals surface area (Å²) in [5, 5.41) is 15.3. The number of fused-ring (bicyclic) bond motifs is 4. The molecule has 3 aliphatic heterocycles. The van der Waals surface area contributed by atoms with Crippen molar-refractivity contribution in [1.29, 1.82) is 0 Å². The minimum atomic E-state index is -1.29. The number of ether oxygens (including phenoxy) is 1. The number of rotatable bonds is 4. The van der Waals surface area contributed by atoms with Crippen molar-refractivity contribution in [1.82, 2.24) is 4.90 Å². The lowest BCUT2D eigenvalue weighted by atomic mass is 9.75. The number of aliphatic hydroxyl groups excluding tert-OH is 1. The Bertz CT molecular complexity index is 1190. The van der Waals surface area contributed by atoms with Crippen LogP contribution >= 0.6 is 0 Å². The standard InChI is InChI=1S/C25H27N3O5/c1-12-9-13(2)20-16(10-12)25(24(32)26-20)19-18(21(27-25)14(3)29)22(30)28(23(19)31)11-15-7-5-6-8-17(15)33-4/h5-10,14,18-19,21,27,29H,11H2,1-4H3,(H,26,32)/p+1/t14-,18+,19+,21+,25+/m1/s1. The van der Waals surface area contributed by atoms with Crippen LogP contribution in [0.2, 0.25) is 0 Å². The first-order chi connectivity index (χ1) is 15.7. The molecule has 5 rings (SSSR count). The molecule has 0 bridgehead atoms. The fraction of sp³-hybridized carbons (Fsp3) is 0.400. The van der Waals surface area contributed by atoms with Crippen molar-refractivity contribution in [2.75, 3.05) is 12.4 Å². The Morgan fingerprint density at radius 2 is 1.91 bits per heavy atom. The first kappa shape index (κ1) is 21.6. The molecule has 33 heavy (non-hydrogen) atoms. The number of aliphatic hydroxyl groups is 1. The Kier molecular flexibility index (Phi) is 4.84. The first-order valence-electron chi connectivity index (χ1n) is 11.1. The summed E-state index contributed by atoms with van der Waals surface area (Å²) in [4.78, 5) is 42.2. The molecular weight excluding hydrogens is 422 g/mol. The minimum absolute atomic E-state index is 0.0542. The second kappa shape index (κ2) is 7.40. The van der Waals surface area contributed by atoms with Gasteiger partial charge >= 0.3 is 0 Å². The van der Waals surface area contributed by atoms with Gasteiger partial charge in [0, 0.05) is 11.1 Å². The van der Waals surface area contributed by atoms with Gasteiger partial charge in [0.25, 0.3) is 5.91 Å². The fourth-order valence-electron chi connectivity index (χ4n) is 6.00. The number of nitrogens with one attached hydrogen (secondary N) is 1. The zero-order chi connectivity index (χ0) is 23.7. The molecular formula is C25H28N3O5+. The van der Waals surface area contributed by atoms with E-state index in [0.717, 1.165) is 11.1 Å². The summed E-state index contributed by atoms with van der Waals surface area (Å²) >= 11 is 0. The summed E-state index contributed by atoms with van der Waals surface area (Å²) in [5.41, 5.74) is 2.69. The monoisotopic (exact) mass is 450 g/mol. The van der Waals surface area contributed by atoms with E-state index in [2.05, 4.69) is 5.32 Å². The van der Waals surface area contributed by atoms with E-state index in [4.69, 9.17) is 4.74 Å². The van der Waals surface area contributed by atoms with Crippen molar-refractivity contribution in [3.63, 3.8) is 0 Å². The van der Waals surface area contributed by atoms with E-state index in [-0.39, 0.29) is 18.4 Å². The SMILES string of the molecule is COc1ccccc1CN1C(=O)[C@@H]2[C@H]([C@@H](C)O)[NH2+][C@]3(C(=O)Nc4c(C)cc(C)cc43)[C@@H]2C1=O. The third-order valence-electron chi connectivity index (χ3n) is 7.42. The number of benzene rings is 2. The van der Waals surface area contributed by atoms with Gasteiger partial charge in [-0.1, -0.05) is 29.8 Å². The number of aryl methyl sites for hydroxylation is 2. The van der Waals surface area contributed by atoms with Gasteiger partial charge in [-0.3, -0.25) is 19.3 Å². The van der Waals surface area contributed by atoms with Crippen LogP contribution in [0, 0.1) is 25.7 Å². The number of anilines is 1. The number of carbonyl (C=O) groups excluding carboxylic acids is 3. The molecule has 3 amide bonds. The average molecular weight is 451 g/mol. The summed E-state index contributed by atoms with van der Waals surface area (Å²) in [6.45, 7) is 5.52. The molecule has 8 nitrogen and oxygen atoms in total. The number of para-hydroxylation sites is 1. The van der Waals surface area contributed by atoms with Gasteiger partial charge in [-0.15, -0.1) is 0 Å². The molecule has 0 aromatic heterocycles. The maximum atomic E-state index is 13.8. The molecule has 2 saturated heterocycles. The fourth-order valence-corrected chi connectivity index (χ4v) is 6.00. The zero-order valence-electron chi connectivity index (χ0n) is 19.1. The summed E-state index contributed by atoms with van der Waals surface area (Å²) in [6, 6.07) is 10.5. The quantitative estimate of drug-likeness (QED) is 0.590. The van der Waals surface area contributed by atoms with Gasteiger partial charge in [0.2, 0.25) is 17.4 Å². The number of carbonyl (C=O) groups is 3. The van der Waals surface area contributed by atoms with Gasteiger partial charge in [0.1, 0.15) is 29.7 Å². The van der Waals surface area contributed by atoms with Gasteiger partial charge in [-0.05, 0) is 38.5 Å². The maximum Gasteiger partial charge on any atom is 0.291 e. The highest BCUT2D eigenvalue weighted by Gasteiger charge is 2.75. The number of likely N-dealkylation sites (tertiary alicyclic amines) is 1. The van der Waals surface area contributed by atoms with Gasteiger partial charge < -0.3 is 20.5 Å². The molecule has 172 valence electrons. The normalized spacial score (nSPS) is 28.8. The first-order valence-corrected chi connectivity index (χ1v) is 11.1. The van der Waals surface area contributed by atoms with E-state index in [1.54, 1.807) is 25.4 Å². The number of imide groups is 1. The van der Waals surface area contributed by atoms with Gasteiger partial charge in [0.05, 0.1) is 19.3 Å². The lowest BCUT2D eigenvalue weighted by Gasteiger charge is -2.27. The van der Waals surface area contributed by atoms with Crippen LogP contribution in [-0.2, 0) is 26.5 Å². The Morgan fingerprint density at radius 1 is 1.18 bits per heavy atom. The summed E-state index contributed by atoms with van der Waals surface area (Å²) < 4.78 is 5.40. The lowest BCUT2D eigenvalue weighted by molar-refractivity contribution is -0.738. The van der Waals surface area contributed by atoms with Crippen LogP contribution in [0.15, 0.2) is 36.4 Å². The van der Waals surface area contributed by atoms with Crippen LogP contribution in [0.1, 0.15) is 29.2 Å². The highest BCUT2D eigenvalue weighted by atomic mass is 16.5. The van der Waals surface area contributed by atoms with Crippen LogP contribution < -0.4 is 15.4 Å². The van der Waals surface area contributed by atoms with Crippen LogP contribution in [0.25, 0.3) is 0 Å². The van der Waals surface area contributed by atoms with E-state index in [0.29, 0.717) is 22.6 Å². The summed E-state index contributed by atoms with van der Waals surface area (Å²) in [6.07, 6.45) is -0.886. The van der Waals surface area contributed by atoms with Crippen molar-refractivity contribution in [3.8, 4) is 5.75 Å². The molecule has 2 aromatic carbocycles. The molecule has 3 aliphatic rings. The van der Waals surface area contributed by atoms with E-state index in [9.17, 15) is 19.5 Å². The van der Waals surface area contributed by atoms with E-state index in [1.807, 2.05) is 44.2 Å². The van der Waals surface area contributed by atoms with Gasteiger partial charge in [0.15, 0.2) is 0 Å². The zero-order valence-corrected chi connectivity index (χ0v) is 19.1. The molecule has 4 N–H and O–H groups in total. The van der Waals surface area contributed by atoms with Crippen molar-refractivity contribution in [3.05, 3.63) is 58.7 Å². The molecule has 2 fully saturated rings. The van der Waals surface area contributed by atoms with Crippen LogP contribution in [-0.4, -0.2) is 47.0 Å². The molecule has 0 radical (unpaired) electrons. The number of nitrogens with two attached hydrogens (primary N) is 1. The van der Waals surface area contributed by atoms with Gasteiger partial charge in [-0.2, -0.15) is 0 Å². The Balaban J connectivity index is 1.63. The van der Waals surface area contributed by atoms with Crippen LogP contribution in [0.4, 0.5) is 5.69 Å². The molecule has 3 heterocycles. The smallest absolute Gasteiger partial charge is 0.291 e. The molecule has 0 unspecified atom stereocenters. The van der Waals surface area contributed by atoms with Gasteiger partial charge in [-0.25, -0.2) is 0 Å². The molecule has 2 aromatic rings. The Morgan fingerprint density at radius 3 is 2.61 bits per heavy atom. The maximum absolute atomic E-state index is 13.8. The summed E-state index contributed by atoms with van der Waals surface area (Å²) in [7, 11) is 1.54. The third kappa shape index (κ3) is 2.87. The number of methoxy groups -OCH3 is 1. The second-order valence-electron chi connectivity index (χ2n) is 9.39. The molecule has 8 heteroatoms. The van der Waals surface area contributed by atoms with Crippen molar-refractivity contribution in [2.24, 2.45) is 11.8 Å².